The van der Waals surface area contributed by atoms with Crippen LogP contribution in [-0.2, 0) is 16.1 Å². The van der Waals surface area contributed by atoms with Gasteiger partial charge >= 0.3 is 5.97 Å². The molecule has 0 radical (unpaired) electrons. The van der Waals surface area contributed by atoms with E-state index in [0.717, 1.165) is 35.7 Å². The Hall–Kier alpha value is -3.08. The smallest absolute Gasteiger partial charge is 0.331 e. The van der Waals surface area contributed by atoms with E-state index < -0.39 is 5.97 Å². The van der Waals surface area contributed by atoms with Crippen LogP contribution in [0.15, 0.2) is 48.1 Å². The molecule has 0 spiro atoms. The Morgan fingerprint density at radius 2 is 1.90 bits per heavy atom. The molecule has 1 aliphatic rings. The zero-order valence-corrected chi connectivity index (χ0v) is 18.6. The molecule has 164 valence electrons. The molecule has 0 N–H and O–H groups in total. The van der Waals surface area contributed by atoms with E-state index in [1.807, 2.05) is 44.2 Å². The van der Waals surface area contributed by atoms with Crippen molar-refractivity contribution >= 4 is 17.8 Å². The lowest BCUT2D eigenvalue weighted by Crippen LogP contribution is -2.14. The summed E-state index contributed by atoms with van der Waals surface area (Å²) >= 11 is 0. The molecule has 0 amide bonds. The number of benzene rings is 1. The zero-order chi connectivity index (χ0) is 22.2. The van der Waals surface area contributed by atoms with Gasteiger partial charge in [-0.05, 0) is 75.8 Å². The molecular formula is C26H31NO4. The summed E-state index contributed by atoms with van der Waals surface area (Å²) in [4.78, 5) is 24.7. The fourth-order valence-corrected chi connectivity index (χ4v) is 3.96. The second-order valence-electron chi connectivity index (χ2n) is 7.93. The average Bonchev–Trinajstić information content (AvgIpc) is 3.09. The predicted molar refractivity (Wildman–Crippen MR) is 122 cm³/mol. The summed E-state index contributed by atoms with van der Waals surface area (Å²) in [6.07, 6.45) is 11.3. The van der Waals surface area contributed by atoms with Gasteiger partial charge in [-0.3, -0.25) is 4.79 Å². The first-order valence-electron chi connectivity index (χ1n) is 10.8. The second-order valence-corrected chi connectivity index (χ2v) is 7.93. The van der Waals surface area contributed by atoms with Crippen molar-refractivity contribution in [3.05, 3.63) is 70.6 Å². The number of methoxy groups -OCH3 is 1. The Balaban J connectivity index is 1.54. The third-order valence-electron chi connectivity index (χ3n) is 5.79. The second kappa shape index (κ2) is 10.8. The molecule has 0 atom stereocenters. The Morgan fingerprint density at radius 3 is 2.58 bits per heavy atom. The van der Waals surface area contributed by atoms with Gasteiger partial charge in [-0.1, -0.05) is 23.8 Å². The van der Waals surface area contributed by atoms with Crippen LogP contribution in [0, 0.1) is 13.8 Å². The van der Waals surface area contributed by atoms with Gasteiger partial charge in [0.15, 0.2) is 6.61 Å². The molecule has 0 unspecified atom stereocenters. The van der Waals surface area contributed by atoms with Gasteiger partial charge in [0.25, 0.3) is 0 Å². The van der Waals surface area contributed by atoms with Crippen molar-refractivity contribution in [1.82, 2.24) is 4.57 Å². The molecule has 0 bridgehead atoms. The minimum atomic E-state index is -0.540. The minimum Gasteiger partial charge on any atom is -0.497 e. The number of rotatable bonds is 9. The molecule has 0 aliphatic heterocycles. The molecule has 5 nitrogen and oxygen atoms in total. The highest BCUT2D eigenvalue weighted by Gasteiger charge is 2.17. The van der Waals surface area contributed by atoms with Crippen molar-refractivity contribution in [3.8, 4) is 5.75 Å². The van der Waals surface area contributed by atoms with Crippen LogP contribution in [0.5, 0.6) is 5.75 Å². The number of aromatic nitrogens is 1. The Labute approximate surface area is 184 Å². The number of Topliss-reactive ketones (excluding diaryl/α,β-unsaturated/α-hetero) is 1. The molecule has 5 heteroatoms. The molecule has 3 rings (SSSR count). The van der Waals surface area contributed by atoms with E-state index in [1.165, 1.54) is 37.3 Å². The Kier molecular flexibility index (Phi) is 7.88. The van der Waals surface area contributed by atoms with Gasteiger partial charge in [0.2, 0.25) is 5.78 Å². The number of nitrogens with zero attached hydrogens (tertiary/aromatic N) is 1. The third kappa shape index (κ3) is 6.20. The lowest BCUT2D eigenvalue weighted by molar-refractivity contribution is -0.136. The number of aryl methyl sites for hydroxylation is 1. The summed E-state index contributed by atoms with van der Waals surface area (Å²) in [5.74, 6) is 0.0306. The fraction of sp³-hybridized carbons (Fsp3) is 0.385. The summed E-state index contributed by atoms with van der Waals surface area (Å²) in [6.45, 7) is 4.59. The summed E-state index contributed by atoms with van der Waals surface area (Å²) in [5, 5.41) is 0. The number of carbonyl (C=O) groups is 2. The van der Waals surface area contributed by atoms with Crippen LogP contribution in [0.25, 0.3) is 6.08 Å². The highest BCUT2D eigenvalue weighted by atomic mass is 16.5. The van der Waals surface area contributed by atoms with Crippen LogP contribution in [0.3, 0.4) is 0 Å². The van der Waals surface area contributed by atoms with Gasteiger partial charge in [-0.2, -0.15) is 0 Å². The van der Waals surface area contributed by atoms with Gasteiger partial charge < -0.3 is 14.0 Å². The number of ether oxygens (including phenoxy) is 2. The summed E-state index contributed by atoms with van der Waals surface area (Å²) in [5.41, 5.74) is 4.98. The first-order valence-corrected chi connectivity index (χ1v) is 10.8. The normalized spacial score (nSPS) is 13.8. The average molecular weight is 422 g/mol. The highest BCUT2D eigenvalue weighted by molar-refractivity contribution is 6.00. The predicted octanol–water partition coefficient (Wildman–Crippen LogP) is 5.44. The van der Waals surface area contributed by atoms with Crippen molar-refractivity contribution in [3.63, 3.8) is 0 Å². The molecular weight excluding hydrogens is 390 g/mol. The molecule has 1 aliphatic carbocycles. The monoisotopic (exact) mass is 421 g/mol. The van der Waals surface area contributed by atoms with E-state index in [2.05, 4.69) is 10.6 Å². The molecule has 2 aromatic rings. The fourth-order valence-electron chi connectivity index (χ4n) is 3.96. The maximum atomic E-state index is 12.6. The highest BCUT2D eigenvalue weighted by Crippen LogP contribution is 2.23. The van der Waals surface area contributed by atoms with E-state index in [-0.39, 0.29) is 12.4 Å². The lowest BCUT2D eigenvalue weighted by Gasteiger charge is -2.15. The number of ketones is 1. The van der Waals surface area contributed by atoms with Crippen molar-refractivity contribution in [2.24, 2.45) is 0 Å². The van der Waals surface area contributed by atoms with Gasteiger partial charge in [0.1, 0.15) is 5.75 Å². The standard InChI is InChI=1S/C26H31NO4/c1-19-17-24(20(2)27(19)16-15-21-7-5-4-6-8-21)25(28)18-31-26(29)14-11-22-9-12-23(30-3)13-10-22/h7,9-14,17H,4-6,8,15-16,18H2,1-3H3/b14-11+. The number of allylic oxidation sites excluding steroid dienone is 2. The number of esters is 1. The van der Waals surface area contributed by atoms with Gasteiger partial charge in [0, 0.05) is 29.6 Å². The van der Waals surface area contributed by atoms with Crippen LogP contribution in [-0.4, -0.2) is 30.0 Å². The topological polar surface area (TPSA) is 57.5 Å². The SMILES string of the molecule is COc1ccc(/C=C/C(=O)OCC(=O)c2cc(C)n(CCC3=CCCCC3)c2C)cc1. The first kappa shape index (κ1) is 22.6. The number of hydrogen-bond acceptors (Lipinski definition) is 4. The van der Waals surface area contributed by atoms with Gasteiger partial charge in [0.05, 0.1) is 7.11 Å². The van der Waals surface area contributed by atoms with Crippen LogP contribution in [0.4, 0.5) is 0 Å². The molecule has 0 saturated heterocycles. The van der Waals surface area contributed by atoms with Crippen molar-refractivity contribution in [2.45, 2.75) is 52.5 Å². The van der Waals surface area contributed by atoms with Crippen molar-refractivity contribution in [1.29, 1.82) is 0 Å². The quantitative estimate of drug-likeness (QED) is 0.234. The molecule has 0 saturated carbocycles. The Morgan fingerprint density at radius 1 is 1.13 bits per heavy atom. The zero-order valence-electron chi connectivity index (χ0n) is 18.6. The van der Waals surface area contributed by atoms with E-state index in [4.69, 9.17) is 9.47 Å². The summed E-state index contributed by atoms with van der Waals surface area (Å²) in [7, 11) is 1.60. The summed E-state index contributed by atoms with van der Waals surface area (Å²) in [6, 6.07) is 9.20. The maximum Gasteiger partial charge on any atom is 0.331 e. The van der Waals surface area contributed by atoms with Gasteiger partial charge in [-0.25, -0.2) is 4.79 Å². The molecule has 31 heavy (non-hydrogen) atoms. The van der Waals surface area contributed by atoms with Gasteiger partial charge in [-0.15, -0.1) is 0 Å². The maximum absolute atomic E-state index is 12.6. The largest absolute Gasteiger partial charge is 0.497 e. The lowest BCUT2D eigenvalue weighted by atomic mass is 9.97. The van der Waals surface area contributed by atoms with Crippen LogP contribution < -0.4 is 4.74 Å². The van der Waals surface area contributed by atoms with E-state index >= 15 is 0 Å². The van der Waals surface area contributed by atoms with E-state index in [9.17, 15) is 9.59 Å². The Bertz CT molecular complexity index is 980. The number of carbonyl (C=O) groups excluding carboxylic acids is 2. The van der Waals surface area contributed by atoms with E-state index in [0.29, 0.717) is 5.56 Å². The molecule has 1 heterocycles. The molecule has 1 aromatic carbocycles. The molecule has 0 fully saturated rings. The summed E-state index contributed by atoms with van der Waals surface area (Å²) < 4.78 is 12.5. The minimum absolute atomic E-state index is 0.178. The van der Waals surface area contributed by atoms with E-state index in [1.54, 1.807) is 13.2 Å². The first-order chi connectivity index (χ1) is 15.0. The third-order valence-corrected chi connectivity index (χ3v) is 5.79. The van der Waals surface area contributed by atoms with Crippen molar-refractivity contribution < 1.29 is 19.1 Å². The number of hydrogen-bond donors (Lipinski definition) is 0. The van der Waals surface area contributed by atoms with Crippen LogP contribution in [0.1, 0.15) is 59.4 Å². The molecule has 1 aromatic heterocycles. The van der Waals surface area contributed by atoms with Crippen LogP contribution >= 0.6 is 0 Å². The van der Waals surface area contributed by atoms with Crippen molar-refractivity contribution in [2.75, 3.05) is 13.7 Å². The van der Waals surface area contributed by atoms with Crippen LogP contribution in [0.2, 0.25) is 0 Å².